The number of carboxylic acids is 1. The van der Waals surface area contributed by atoms with Gasteiger partial charge >= 0.3 is 5.97 Å². The highest BCUT2D eigenvalue weighted by molar-refractivity contribution is 5.82. The third-order valence-electron chi connectivity index (χ3n) is 2.84. The van der Waals surface area contributed by atoms with Gasteiger partial charge in [0.2, 0.25) is 0 Å². The first-order valence-corrected chi connectivity index (χ1v) is 5.53. The second-order valence-corrected chi connectivity index (χ2v) is 3.94. The first-order valence-electron chi connectivity index (χ1n) is 5.53. The Morgan fingerprint density at radius 2 is 2.12 bits per heavy atom. The van der Waals surface area contributed by atoms with Gasteiger partial charge in [-0.2, -0.15) is 0 Å². The Morgan fingerprint density at radius 1 is 1.53 bits per heavy atom. The van der Waals surface area contributed by atoms with Gasteiger partial charge in [0.1, 0.15) is 17.2 Å². The van der Waals surface area contributed by atoms with Crippen LogP contribution >= 0.6 is 0 Å². The van der Waals surface area contributed by atoms with E-state index in [-0.39, 0.29) is 11.4 Å². The van der Waals surface area contributed by atoms with Crippen molar-refractivity contribution in [2.45, 2.75) is 39.2 Å². The maximum absolute atomic E-state index is 11.3. The highest BCUT2D eigenvalue weighted by atomic mass is 16.4. The van der Waals surface area contributed by atoms with Crippen LogP contribution in [-0.2, 0) is 4.79 Å². The van der Waals surface area contributed by atoms with Gasteiger partial charge in [-0.05, 0) is 19.8 Å². The summed E-state index contributed by atoms with van der Waals surface area (Å²) in [5, 5.41) is 12.1. The topological polar surface area (TPSA) is 95.1 Å². The van der Waals surface area contributed by atoms with E-state index in [1.54, 1.807) is 20.8 Å². The van der Waals surface area contributed by atoms with E-state index in [0.717, 1.165) is 0 Å². The third kappa shape index (κ3) is 2.83. The third-order valence-corrected chi connectivity index (χ3v) is 2.84. The van der Waals surface area contributed by atoms with E-state index < -0.39 is 11.5 Å². The number of nitrogens with zero attached hydrogens (tertiary/aromatic N) is 1. The number of H-pyrrole nitrogens is 1. The number of rotatable bonds is 5. The molecule has 1 heterocycles. The molecular weight excluding hydrogens is 222 g/mol. The van der Waals surface area contributed by atoms with Crippen molar-refractivity contribution in [1.29, 1.82) is 0 Å². The average Bonchev–Trinajstić information content (AvgIpc) is 2.24. The van der Waals surface area contributed by atoms with Gasteiger partial charge in [0.25, 0.3) is 5.56 Å². The van der Waals surface area contributed by atoms with Crippen LogP contribution in [-0.4, -0.2) is 26.6 Å². The average molecular weight is 239 g/mol. The van der Waals surface area contributed by atoms with Crippen LogP contribution in [0.25, 0.3) is 0 Å². The number of aromatic amines is 1. The Bertz CT molecular complexity index is 463. The molecule has 0 radical (unpaired) electrons. The maximum atomic E-state index is 11.3. The van der Waals surface area contributed by atoms with E-state index in [1.165, 1.54) is 6.07 Å². The van der Waals surface area contributed by atoms with Crippen molar-refractivity contribution in [3.63, 3.8) is 0 Å². The van der Waals surface area contributed by atoms with Crippen LogP contribution in [0.4, 0.5) is 5.82 Å². The lowest BCUT2D eigenvalue weighted by Gasteiger charge is -2.28. The molecule has 0 aliphatic carbocycles. The predicted octanol–water partition coefficient (Wildman–Crippen LogP) is 1.13. The zero-order chi connectivity index (χ0) is 13.1. The molecular formula is C11H17N3O3. The number of carboxylic acid groups (broad SMARTS) is 1. The van der Waals surface area contributed by atoms with Crippen LogP contribution in [0.3, 0.4) is 0 Å². The zero-order valence-electron chi connectivity index (χ0n) is 10.2. The van der Waals surface area contributed by atoms with Gasteiger partial charge in [-0.1, -0.05) is 13.8 Å². The fourth-order valence-corrected chi connectivity index (χ4v) is 1.67. The highest BCUT2D eigenvalue weighted by Crippen LogP contribution is 2.20. The molecule has 1 rings (SSSR count). The molecule has 1 aromatic heterocycles. The summed E-state index contributed by atoms with van der Waals surface area (Å²) in [5.41, 5.74) is -1.38. The summed E-state index contributed by atoms with van der Waals surface area (Å²) >= 11 is 0. The number of hydrogen-bond acceptors (Lipinski definition) is 4. The number of aryl methyl sites for hydroxylation is 1. The lowest BCUT2D eigenvalue weighted by molar-refractivity contribution is -0.142. The number of hydrogen-bond donors (Lipinski definition) is 3. The second-order valence-electron chi connectivity index (χ2n) is 3.94. The van der Waals surface area contributed by atoms with Crippen LogP contribution < -0.4 is 10.9 Å². The monoisotopic (exact) mass is 239 g/mol. The molecule has 0 saturated heterocycles. The summed E-state index contributed by atoms with van der Waals surface area (Å²) < 4.78 is 0. The molecule has 0 aromatic carbocycles. The van der Waals surface area contributed by atoms with Crippen molar-refractivity contribution in [2.24, 2.45) is 0 Å². The van der Waals surface area contributed by atoms with Crippen molar-refractivity contribution in [3.8, 4) is 0 Å². The Morgan fingerprint density at radius 3 is 2.53 bits per heavy atom. The minimum atomic E-state index is -1.08. The first-order chi connectivity index (χ1) is 7.93. The fraction of sp³-hybridized carbons (Fsp3) is 0.545. The molecule has 0 fully saturated rings. The Kier molecular flexibility index (Phi) is 3.88. The lowest BCUT2D eigenvalue weighted by Crippen LogP contribution is -2.45. The summed E-state index contributed by atoms with van der Waals surface area (Å²) in [6.07, 6.45) is 0.818. The molecule has 0 aliphatic rings. The normalized spacial score (nSPS) is 11.2. The summed E-state index contributed by atoms with van der Waals surface area (Å²) in [4.78, 5) is 29.1. The van der Waals surface area contributed by atoms with Gasteiger partial charge in [0.05, 0.1) is 0 Å². The molecule has 17 heavy (non-hydrogen) atoms. The number of aliphatic carboxylic acids is 1. The number of aromatic nitrogens is 2. The fourth-order valence-electron chi connectivity index (χ4n) is 1.67. The molecule has 6 nitrogen and oxygen atoms in total. The van der Waals surface area contributed by atoms with E-state index in [0.29, 0.717) is 18.7 Å². The zero-order valence-corrected chi connectivity index (χ0v) is 10.2. The molecule has 6 heteroatoms. The van der Waals surface area contributed by atoms with Gasteiger partial charge in [0, 0.05) is 6.07 Å². The van der Waals surface area contributed by atoms with Crippen LogP contribution in [0.15, 0.2) is 10.9 Å². The van der Waals surface area contributed by atoms with Crippen LogP contribution in [0.2, 0.25) is 0 Å². The van der Waals surface area contributed by atoms with Crippen LogP contribution in [0.1, 0.15) is 32.5 Å². The molecule has 1 aromatic rings. The summed E-state index contributed by atoms with van der Waals surface area (Å²) in [6.45, 7) is 5.21. The summed E-state index contributed by atoms with van der Waals surface area (Å²) in [6, 6.07) is 1.26. The van der Waals surface area contributed by atoms with Gasteiger partial charge < -0.3 is 15.4 Å². The molecule has 0 bridgehead atoms. The predicted molar refractivity (Wildman–Crippen MR) is 64.2 cm³/mol. The Labute approximate surface area is 99.1 Å². The lowest BCUT2D eigenvalue weighted by atomic mass is 9.93. The standard InChI is InChI=1S/C11H17N3O3/c1-4-11(5-2,10(16)17)14-8-6-9(15)13-7(3)12-8/h6H,4-5H2,1-3H3,(H,16,17)(H2,12,13,14,15). The SMILES string of the molecule is CCC(CC)(Nc1cc(=O)[nH]c(C)n1)C(=O)O. The van der Waals surface area contributed by atoms with Crippen molar-refractivity contribution < 1.29 is 9.90 Å². The molecule has 3 N–H and O–H groups in total. The minimum absolute atomic E-state index is 0.289. The first kappa shape index (κ1) is 13.2. The quantitative estimate of drug-likeness (QED) is 0.716. The maximum Gasteiger partial charge on any atom is 0.329 e. The molecule has 0 atom stereocenters. The largest absolute Gasteiger partial charge is 0.480 e. The van der Waals surface area contributed by atoms with Gasteiger partial charge in [0.15, 0.2) is 0 Å². The van der Waals surface area contributed by atoms with E-state index in [4.69, 9.17) is 0 Å². The van der Waals surface area contributed by atoms with Gasteiger partial charge in [-0.25, -0.2) is 9.78 Å². The smallest absolute Gasteiger partial charge is 0.329 e. The van der Waals surface area contributed by atoms with Gasteiger partial charge in [-0.15, -0.1) is 0 Å². The second kappa shape index (κ2) is 4.99. The van der Waals surface area contributed by atoms with Crippen molar-refractivity contribution in [1.82, 2.24) is 9.97 Å². The number of nitrogens with one attached hydrogen (secondary N) is 2. The molecule has 0 unspecified atom stereocenters. The highest BCUT2D eigenvalue weighted by Gasteiger charge is 2.35. The van der Waals surface area contributed by atoms with Crippen LogP contribution in [0, 0.1) is 6.92 Å². The van der Waals surface area contributed by atoms with Crippen molar-refractivity contribution in [3.05, 3.63) is 22.2 Å². The molecule has 0 saturated carbocycles. The van der Waals surface area contributed by atoms with Crippen LogP contribution in [0.5, 0.6) is 0 Å². The van der Waals surface area contributed by atoms with E-state index >= 15 is 0 Å². The Balaban J connectivity index is 3.09. The number of anilines is 1. The van der Waals surface area contributed by atoms with Gasteiger partial charge in [-0.3, -0.25) is 4.79 Å². The minimum Gasteiger partial charge on any atom is -0.480 e. The molecule has 0 amide bonds. The summed E-state index contributed by atoms with van der Waals surface area (Å²) in [7, 11) is 0. The molecule has 94 valence electrons. The van der Waals surface area contributed by atoms with E-state index in [9.17, 15) is 14.7 Å². The molecule has 0 spiro atoms. The number of carbonyl (C=O) groups is 1. The van der Waals surface area contributed by atoms with Crippen molar-refractivity contribution in [2.75, 3.05) is 5.32 Å². The van der Waals surface area contributed by atoms with Crippen molar-refractivity contribution >= 4 is 11.8 Å². The Hall–Kier alpha value is -1.85. The van der Waals surface area contributed by atoms with E-state index in [2.05, 4.69) is 15.3 Å². The summed E-state index contributed by atoms with van der Waals surface area (Å²) in [5.74, 6) is -0.203. The molecule has 0 aliphatic heterocycles. The van der Waals surface area contributed by atoms with E-state index in [1.807, 2.05) is 0 Å².